The highest BCUT2D eigenvalue weighted by molar-refractivity contribution is 6.33. The van der Waals surface area contributed by atoms with E-state index in [1.807, 2.05) is 36.4 Å². The van der Waals surface area contributed by atoms with Crippen LogP contribution in [0.15, 0.2) is 36.4 Å². The number of aromatic nitrogens is 1. The van der Waals surface area contributed by atoms with Crippen molar-refractivity contribution < 1.29 is 15.2 Å². The molecule has 4 nitrogen and oxygen atoms in total. The van der Waals surface area contributed by atoms with Crippen LogP contribution >= 0.6 is 23.2 Å². The van der Waals surface area contributed by atoms with Crippen molar-refractivity contribution in [3.63, 3.8) is 0 Å². The summed E-state index contributed by atoms with van der Waals surface area (Å²) >= 11 is 12.4. The van der Waals surface area contributed by atoms with Crippen molar-refractivity contribution in [2.45, 2.75) is 31.6 Å². The van der Waals surface area contributed by atoms with E-state index >= 15 is 0 Å². The van der Waals surface area contributed by atoms with Crippen LogP contribution in [0.1, 0.15) is 12.8 Å². The zero-order valence-corrected chi connectivity index (χ0v) is 16.0. The van der Waals surface area contributed by atoms with E-state index in [9.17, 15) is 5.11 Å². The number of nitrogens with zero attached hydrogens (tertiary/aromatic N) is 1. The lowest BCUT2D eigenvalue weighted by atomic mass is 10.1. The third-order valence-corrected chi connectivity index (χ3v) is 5.54. The molecular formula is C20H23Cl2N2O2+. The van der Waals surface area contributed by atoms with Crippen LogP contribution < -0.4 is 5.32 Å². The first-order valence-corrected chi connectivity index (χ1v) is 9.86. The highest BCUT2D eigenvalue weighted by atomic mass is 35.5. The van der Waals surface area contributed by atoms with Crippen molar-refractivity contribution in [2.75, 3.05) is 19.7 Å². The minimum Gasteiger partial charge on any atom is -0.385 e. The fourth-order valence-corrected chi connectivity index (χ4v) is 4.18. The first-order valence-electron chi connectivity index (χ1n) is 9.10. The SMILES string of the molecule is O[C@H](C[NH2+]C[C@H]1CCCO1)Cn1c2ccc(Cl)cc2c2cc(Cl)ccc21. The maximum Gasteiger partial charge on any atom is 0.121 e. The fourth-order valence-electron chi connectivity index (χ4n) is 3.84. The maximum absolute atomic E-state index is 10.6. The number of halogens is 2. The number of nitrogens with two attached hydrogens (primary N) is 1. The van der Waals surface area contributed by atoms with E-state index in [1.165, 1.54) is 0 Å². The summed E-state index contributed by atoms with van der Waals surface area (Å²) in [6, 6.07) is 11.7. The van der Waals surface area contributed by atoms with Gasteiger partial charge in [-0.15, -0.1) is 0 Å². The molecule has 138 valence electrons. The van der Waals surface area contributed by atoms with Crippen LogP contribution in [-0.2, 0) is 11.3 Å². The van der Waals surface area contributed by atoms with E-state index in [2.05, 4.69) is 9.88 Å². The van der Waals surface area contributed by atoms with Crippen molar-refractivity contribution in [3.8, 4) is 0 Å². The Bertz CT molecular complexity index is 860. The molecule has 3 N–H and O–H groups in total. The van der Waals surface area contributed by atoms with Gasteiger partial charge in [0, 0.05) is 38.5 Å². The van der Waals surface area contributed by atoms with Gasteiger partial charge in [0.15, 0.2) is 0 Å². The largest absolute Gasteiger partial charge is 0.385 e. The molecule has 0 unspecified atom stereocenters. The highest BCUT2D eigenvalue weighted by Gasteiger charge is 2.19. The summed E-state index contributed by atoms with van der Waals surface area (Å²) in [5.74, 6) is 0. The van der Waals surface area contributed by atoms with Gasteiger partial charge in [-0.3, -0.25) is 0 Å². The number of ether oxygens (including phenoxy) is 1. The average Bonchev–Trinajstić information content (AvgIpc) is 3.22. The Balaban J connectivity index is 1.56. The zero-order chi connectivity index (χ0) is 18.1. The Hall–Kier alpha value is -1.30. The van der Waals surface area contributed by atoms with Gasteiger partial charge in [0.1, 0.15) is 25.3 Å². The topological polar surface area (TPSA) is 51.0 Å². The number of hydrogen-bond donors (Lipinski definition) is 2. The molecule has 1 aliphatic heterocycles. The van der Waals surface area contributed by atoms with Crippen molar-refractivity contribution in [1.82, 2.24) is 4.57 Å². The van der Waals surface area contributed by atoms with E-state index in [0.29, 0.717) is 29.2 Å². The lowest BCUT2D eigenvalue weighted by Gasteiger charge is -2.14. The second kappa shape index (κ2) is 7.75. The van der Waals surface area contributed by atoms with Crippen LogP contribution in [-0.4, -0.2) is 41.6 Å². The van der Waals surface area contributed by atoms with Gasteiger partial charge >= 0.3 is 0 Å². The smallest absolute Gasteiger partial charge is 0.121 e. The van der Waals surface area contributed by atoms with Gasteiger partial charge in [-0.1, -0.05) is 23.2 Å². The van der Waals surface area contributed by atoms with Gasteiger partial charge in [0.2, 0.25) is 0 Å². The van der Waals surface area contributed by atoms with Gasteiger partial charge in [0.25, 0.3) is 0 Å². The summed E-state index contributed by atoms with van der Waals surface area (Å²) in [5, 5.41) is 16.2. The molecule has 2 heterocycles. The highest BCUT2D eigenvalue weighted by Crippen LogP contribution is 2.32. The van der Waals surface area contributed by atoms with E-state index in [1.54, 1.807) is 0 Å². The van der Waals surface area contributed by atoms with Gasteiger partial charge < -0.3 is 19.7 Å². The Kier molecular flexibility index (Phi) is 5.39. The molecule has 26 heavy (non-hydrogen) atoms. The summed E-state index contributed by atoms with van der Waals surface area (Å²) in [6.45, 7) is 2.97. The Morgan fingerprint density at radius 3 is 2.35 bits per heavy atom. The summed E-state index contributed by atoms with van der Waals surface area (Å²) in [7, 11) is 0. The molecule has 2 atom stereocenters. The van der Waals surface area contributed by atoms with Crippen LogP contribution in [0.25, 0.3) is 21.8 Å². The molecule has 0 bridgehead atoms. The molecule has 2 aromatic carbocycles. The summed E-state index contributed by atoms with van der Waals surface area (Å²) in [4.78, 5) is 0. The van der Waals surface area contributed by atoms with Crippen LogP contribution in [0.2, 0.25) is 10.0 Å². The zero-order valence-electron chi connectivity index (χ0n) is 14.5. The number of fused-ring (bicyclic) bond motifs is 3. The maximum atomic E-state index is 10.6. The molecule has 6 heteroatoms. The third kappa shape index (κ3) is 3.71. The quantitative estimate of drug-likeness (QED) is 0.675. The Labute approximate surface area is 162 Å². The number of hydrogen-bond acceptors (Lipinski definition) is 2. The van der Waals surface area contributed by atoms with Gasteiger partial charge in [-0.05, 0) is 49.2 Å². The van der Waals surface area contributed by atoms with Crippen LogP contribution in [0.4, 0.5) is 0 Å². The third-order valence-electron chi connectivity index (χ3n) is 5.07. The molecule has 1 aromatic heterocycles. The van der Waals surface area contributed by atoms with E-state index in [4.69, 9.17) is 27.9 Å². The normalized spacial score (nSPS) is 18.8. The molecule has 3 aromatic rings. The standard InChI is InChI=1S/C20H22Cl2N2O2/c21-13-3-5-19-17(8-13)18-9-14(22)4-6-20(18)24(19)12-15(25)10-23-11-16-2-1-7-26-16/h3-6,8-9,15-16,23,25H,1-2,7,10-12H2/p+1/t15-,16-/m1/s1. The van der Waals surface area contributed by atoms with E-state index in [0.717, 1.165) is 47.8 Å². The molecule has 4 rings (SSSR count). The summed E-state index contributed by atoms with van der Waals surface area (Å²) in [6.07, 6.45) is 2.16. The monoisotopic (exact) mass is 393 g/mol. The fraction of sp³-hybridized carbons (Fsp3) is 0.400. The molecule has 0 aliphatic carbocycles. The molecule has 1 saturated heterocycles. The predicted octanol–water partition coefficient (Wildman–Crippen LogP) is 3.20. The Morgan fingerprint density at radius 1 is 1.12 bits per heavy atom. The number of aliphatic hydroxyl groups excluding tert-OH is 1. The van der Waals surface area contributed by atoms with Crippen molar-refractivity contribution >= 4 is 45.0 Å². The minimum absolute atomic E-state index is 0.333. The molecule has 1 aliphatic rings. The predicted molar refractivity (Wildman–Crippen MR) is 106 cm³/mol. The summed E-state index contributed by atoms with van der Waals surface area (Å²) < 4.78 is 7.79. The number of quaternary nitrogens is 1. The molecule has 0 radical (unpaired) electrons. The van der Waals surface area contributed by atoms with Crippen molar-refractivity contribution in [2.24, 2.45) is 0 Å². The number of aliphatic hydroxyl groups is 1. The Morgan fingerprint density at radius 2 is 1.77 bits per heavy atom. The van der Waals surface area contributed by atoms with Crippen LogP contribution in [0, 0.1) is 0 Å². The van der Waals surface area contributed by atoms with E-state index in [-0.39, 0.29) is 0 Å². The first-order chi connectivity index (χ1) is 12.6. The molecule has 0 saturated carbocycles. The lowest BCUT2D eigenvalue weighted by molar-refractivity contribution is -0.666. The lowest BCUT2D eigenvalue weighted by Crippen LogP contribution is -2.88. The first kappa shape index (κ1) is 18.1. The molecular weight excluding hydrogens is 371 g/mol. The molecule has 1 fully saturated rings. The average molecular weight is 394 g/mol. The van der Waals surface area contributed by atoms with Gasteiger partial charge in [0.05, 0.1) is 6.54 Å². The van der Waals surface area contributed by atoms with Crippen LogP contribution in [0.5, 0.6) is 0 Å². The van der Waals surface area contributed by atoms with Gasteiger partial charge in [-0.2, -0.15) is 0 Å². The number of benzene rings is 2. The van der Waals surface area contributed by atoms with Crippen molar-refractivity contribution in [3.05, 3.63) is 46.4 Å². The van der Waals surface area contributed by atoms with Crippen molar-refractivity contribution in [1.29, 1.82) is 0 Å². The molecule has 0 amide bonds. The molecule has 0 spiro atoms. The minimum atomic E-state index is -0.443. The number of rotatable bonds is 6. The second-order valence-corrected chi connectivity index (χ2v) is 7.86. The summed E-state index contributed by atoms with van der Waals surface area (Å²) in [5.41, 5.74) is 2.12. The van der Waals surface area contributed by atoms with E-state index < -0.39 is 6.10 Å². The van der Waals surface area contributed by atoms with Crippen LogP contribution in [0.3, 0.4) is 0 Å². The second-order valence-electron chi connectivity index (χ2n) is 6.98. The van der Waals surface area contributed by atoms with Gasteiger partial charge in [-0.25, -0.2) is 0 Å².